The van der Waals surface area contributed by atoms with Crippen LogP contribution in [0.1, 0.15) is 67.3 Å². The van der Waals surface area contributed by atoms with E-state index in [1.807, 2.05) is 86.6 Å². The number of ether oxygens (including phenoxy) is 3. The molecule has 0 radical (unpaired) electrons. The van der Waals surface area contributed by atoms with Crippen molar-refractivity contribution in [1.29, 1.82) is 0 Å². The molecule has 12 nitrogen and oxygen atoms in total. The van der Waals surface area contributed by atoms with Gasteiger partial charge in [0.1, 0.15) is 36.8 Å². The Labute approximate surface area is 362 Å². The van der Waals surface area contributed by atoms with Crippen LogP contribution in [0.3, 0.4) is 0 Å². The Morgan fingerprint density at radius 3 is 2.34 bits per heavy atom. The Morgan fingerprint density at radius 1 is 0.902 bits per heavy atom. The summed E-state index contributed by atoms with van der Waals surface area (Å²) in [6.45, 7) is 7.82. The number of carboxylic acids is 1. The minimum atomic E-state index is -1.27. The maximum absolute atomic E-state index is 14.2. The van der Waals surface area contributed by atoms with E-state index in [-0.39, 0.29) is 31.7 Å². The van der Waals surface area contributed by atoms with E-state index < -0.39 is 36.0 Å². The summed E-state index contributed by atoms with van der Waals surface area (Å²) in [5.41, 5.74) is 8.08. The highest BCUT2D eigenvalue weighted by Crippen LogP contribution is 2.41. The second-order valence-corrected chi connectivity index (χ2v) is 16.1. The zero-order valence-corrected chi connectivity index (χ0v) is 35.3. The van der Waals surface area contributed by atoms with E-state index in [1.165, 1.54) is 4.90 Å². The van der Waals surface area contributed by atoms with E-state index in [9.17, 15) is 19.5 Å². The molecular formula is C47H42Cl2N4O8. The molecule has 6 aromatic rings. The highest BCUT2D eigenvalue weighted by molar-refractivity contribution is 6.42. The fourth-order valence-electron chi connectivity index (χ4n) is 7.68. The van der Waals surface area contributed by atoms with Gasteiger partial charge in [0.25, 0.3) is 5.91 Å². The second kappa shape index (κ2) is 17.3. The van der Waals surface area contributed by atoms with Crippen LogP contribution in [0.25, 0.3) is 11.1 Å². The largest absolute Gasteiger partial charge is 0.489 e. The number of hydrogen-bond acceptors (Lipinski definition) is 9. The van der Waals surface area contributed by atoms with Gasteiger partial charge in [-0.3, -0.25) is 14.6 Å². The lowest BCUT2D eigenvalue weighted by molar-refractivity contribution is -0.142. The Morgan fingerprint density at radius 2 is 1.64 bits per heavy atom. The van der Waals surface area contributed by atoms with Gasteiger partial charge in [0, 0.05) is 38.2 Å². The van der Waals surface area contributed by atoms with E-state index in [0.29, 0.717) is 45.6 Å². The number of hydrogen-bond donors (Lipinski definition) is 2. The number of nitrogens with one attached hydrogen (secondary N) is 1. The van der Waals surface area contributed by atoms with Crippen molar-refractivity contribution in [2.45, 2.75) is 71.9 Å². The number of halogens is 2. The van der Waals surface area contributed by atoms with E-state index in [2.05, 4.69) is 15.3 Å². The number of carboxylic acid groups (broad SMARTS) is 1. The van der Waals surface area contributed by atoms with Crippen LogP contribution in [0, 0.1) is 27.7 Å². The van der Waals surface area contributed by atoms with Crippen LogP contribution < -0.4 is 19.5 Å². The molecule has 0 bridgehead atoms. The van der Waals surface area contributed by atoms with E-state index in [4.69, 9.17) is 41.8 Å². The number of pyridine rings is 1. The first-order valence-electron chi connectivity index (χ1n) is 19.7. The summed E-state index contributed by atoms with van der Waals surface area (Å²) < 4.78 is 24.2. The molecular weight excluding hydrogens is 819 g/mol. The molecule has 2 aliphatic rings. The standard InChI is InChI=1S/C47H42Cl2N4O8/c1-25-26(2)50-16-15-36(25)31-8-5-29(6-9-31)18-39(47(56)57)52-45(54)40-19-33-20-41-42(21-34(33)22-53(40)46(55)44-27(3)60-28(4)51-44)61-43(24-59-41)32-10-12-35(13-11-32)58-23-30-7-14-37(48)38(49)17-30/h5-17,20-21,39-40,43H,18-19,22-24H2,1-4H3,(H,52,54)(H,56,57)/t39-,40-,43+/m0/s1. The lowest BCUT2D eigenvalue weighted by Crippen LogP contribution is -2.56. The van der Waals surface area contributed by atoms with Crippen molar-refractivity contribution in [1.82, 2.24) is 20.2 Å². The minimum absolute atomic E-state index is 0.0247. The summed E-state index contributed by atoms with van der Waals surface area (Å²) in [5.74, 6) is -0.0459. The number of fused-ring (bicyclic) bond motifs is 2. The van der Waals surface area contributed by atoms with Crippen LogP contribution in [0.15, 0.2) is 95.5 Å². The Balaban J connectivity index is 0.993. The Bertz CT molecular complexity index is 2650. The number of benzene rings is 4. The first-order chi connectivity index (χ1) is 29.3. The van der Waals surface area contributed by atoms with Crippen LogP contribution >= 0.6 is 23.2 Å². The topological polar surface area (TPSA) is 153 Å². The maximum atomic E-state index is 14.2. The molecule has 0 spiro atoms. The molecule has 0 aliphatic carbocycles. The van der Waals surface area contributed by atoms with Crippen LogP contribution in [-0.4, -0.2) is 56.4 Å². The molecule has 14 heteroatoms. The molecule has 0 unspecified atom stereocenters. The average molecular weight is 862 g/mol. The SMILES string of the molecule is Cc1nc(C(=O)N2Cc3cc4c(cc3C[C@H]2C(=O)N[C@@H](Cc2ccc(-c3ccnc(C)c3C)cc2)C(=O)O)OC[C@H](c2ccc(OCc3ccc(Cl)c(Cl)c3)cc2)O4)c(C)o1. The number of aromatic nitrogens is 2. The summed E-state index contributed by atoms with van der Waals surface area (Å²) in [6.07, 6.45) is 1.46. The monoisotopic (exact) mass is 860 g/mol. The number of rotatable bonds is 11. The molecule has 0 fully saturated rings. The average Bonchev–Trinajstić information content (AvgIpc) is 3.60. The molecule has 8 rings (SSSR count). The van der Waals surface area contributed by atoms with Gasteiger partial charge in [-0.15, -0.1) is 0 Å². The lowest BCUT2D eigenvalue weighted by Gasteiger charge is -2.37. The smallest absolute Gasteiger partial charge is 0.326 e. The van der Waals surface area contributed by atoms with Gasteiger partial charge in [-0.2, -0.15) is 0 Å². The first-order valence-corrected chi connectivity index (χ1v) is 20.5. The molecule has 312 valence electrons. The van der Waals surface area contributed by atoms with Crippen molar-refractivity contribution in [3.63, 3.8) is 0 Å². The van der Waals surface area contributed by atoms with Gasteiger partial charge in [-0.1, -0.05) is 65.7 Å². The van der Waals surface area contributed by atoms with Crippen LogP contribution in [0.2, 0.25) is 10.0 Å². The molecule has 3 atom stereocenters. The van der Waals surface area contributed by atoms with Gasteiger partial charge in [0.05, 0.1) is 10.0 Å². The molecule has 2 aliphatic heterocycles. The number of carbonyl (C=O) groups excluding carboxylic acids is 2. The fraction of sp³-hybridized carbons (Fsp3) is 0.255. The van der Waals surface area contributed by atoms with Crippen molar-refractivity contribution in [3.05, 3.63) is 158 Å². The molecule has 2 amide bonds. The van der Waals surface area contributed by atoms with Crippen molar-refractivity contribution in [2.75, 3.05) is 6.61 Å². The summed E-state index contributed by atoms with van der Waals surface area (Å²) >= 11 is 12.2. The van der Waals surface area contributed by atoms with Crippen molar-refractivity contribution < 1.29 is 38.1 Å². The van der Waals surface area contributed by atoms with Crippen molar-refractivity contribution >= 4 is 41.0 Å². The normalized spacial score (nSPS) is 16.1. The number of aliphatic carboxylic acids is 1. The minimum Gasteiger partial charge on any atom is -0.489 e. The van der Waals surface area contributed by atoms with Crippen molar-refractivity contribution in [3.8, 4) is 28.4 Å². The van der Waals surface area contributed by atoms with E-state index >= 15 is 0 Å². The number of carbonyl (C=O) groups is 3. The molecule has 2 N–H and O–H groups in total. The highest BCUT2D eigenvalue weighted by Gasteiger charge is 2.39. The molecule has 4 heterocycles. The molecule has 2 aromatic heterocycles. The highest BCUT2D eigenvalue weighted by atomic mass is 35.5. The Kier molecular flexibility index (Phi) is 11.7. The maximum Gasteiger partial charge on any atom is 0.326 e. The number of amides is 2. The van der Waals surface area contributed by atoms with Crippen LogP contribution in [0.4, 0.5) is 0 Å². The number of nitrogens with zero attached hydrogens (tertiary/aromatic N) is 3. The number of aryl methyl sites for hydroxylation is 3. The van der Waals surface area contributed by atoms with Gasteiger partial charge in [-0.05, 0) is 108 Å². The van der Waals surface area contributed by atoms with E-state index in [1.54, 1.807) is 32.2 Å². The third-order valence-electron chi connectivity index (χ3n) is 11.1. The van der Waals surface area contributed by atoms with E-state index in [0.717, 1.165) is 50.2 Å². The molecule has 0 saturated heterocycles. The third-order valence-corrected chi connectivity index (χ3v) is 11.9. The predicted octanol–water partition coefficient (Wildman–Crippen LogP) is 8.75. The van der Waals surface area contributed by atoms with Crippen molar-refractivity contribution in [2.24, 2.45) is 0 Å². The summed E-state index contributed by atoms with van der Waals surface area (Å²) in [7, 11) is 0. The zero-order chi connectivity index (χ0) is 42.9. The van der Waals surface area contributed by atoms with Crippen LogP contribution in [-0.2, 0) is 35.6 Å². The van der Waals surface area contributed by atoms with Gasteiger partial charge in [0.15, 0.2) is 29.2 Å². The quantitative estimate of drug-likeness (QED) is 0.129. The molecule has 4 aromatic carbocycles. The third kappa shape index (κ3) is 8.92. The summed E-state index contributed by atoms with van der Waals surface area (Å²) in [6, 6.07) is 23.8. The fourth-order valence-corrected chi connectivity index (χ4v) is 8.00. The predicted molar refractivity (Wildman–Crippen MR) is 228 cm³/mol. The van der Waals surface area contributed by atoms with Crippen LogP contribution in [0.5, 0.6) is 17.2 Å². The second-order valence-electron chi connectivity index (χ2n) is 15.3. The van der Waals surface area contributed by atoms with Gasteiger partial charge >= 0.3 is 5.97 Å². The molecule has 0 saturated carbocycles. The summed E-state index contributed by atoms with van der Waals surface area (Å²) in [4.78, 5) is 51.1. The van der Waals surface area contributed by atoms with Gasteiger partial charge < -0.3 is 34.0 Å². The lowest BCUT2D eigenvalue weighted by atomic mass is 9.91. The Hall–Kier alpha value is -6.37. The van der Waals surface area contributed by atoms with Gasteiger partial charge in [-0.25, -0.2) is 9.78 Å². The summed E-state index contributed by atoms with van der Waals surface area (Å²) in [5, 5.41) is 14.0. The van der Waals surface area contributed by atoms with Gasteiger partial charge in [0.2, 0.25) is 5.91 Å². The zero-order valence-electron chi connectivity index (χ0n) is 33.8. The number of oxazole rings is 1. The first kappa shape index (κ1) is 41.4. The molecule has 61 heavy (non-hydrogen) atoms.